The van der Waals surface area contributed by atoms with Gasteiger partial charge < -0.3 is 20.3 Å². The van der Waals surface area contributed by atoms with E-state index in [1.54, 1.807) is 25.7 Å². The summed E-state index contributed by atoms with van der Waals surface area (Å²) >= 11 is 0. The van der Waals surface area contributed by atoms with Crippen LogP contribution in [0, 0.1) is 19.8 Å². The molecule has 7 heteroatoms. The van der Waals surface area contributed by atoms with Gasteiger partial charge >= 0.3 is 6.09 Å². The second-order valence-electron chi connectivity index (χ2n) is 12.5. The molecule has 218 valence electrons. The van der Waals surface area contributed by atoms with Crippen molar-refractivity contribution < 1.29 is 19.1 Å². The van der Waals surface area contributed by atoms with Gasteiger partial charge in [-0.25, -0.2) is 4.79 Å². The number of alkyl carbamates (subject to hydrolysis) is 1. The third kappa shape index (κ3) is 7.07. The minimum Gasteiger partial charge on any atom is -0.444 e. The number of ether oxygens (including phenoxy) is 1. The zero-order valence-corrected chi connectivity index (χ0v) is 25.3. The van der Waals surface area contributed by atoms with Crippen molar-refractivity contribution >= 4 is 34.4 Å². The second kappa shape index (κ2) is 12.3. The summed E-state index contributed by atoms with van der Waals surface area (Å²) < 4.78 is 5.49. The molecule has 2 N–H and O–H groups in total. The lowest BCUT2D eigenvalue weighted by Gasteiger charge is -2.44. The number of rotatable bonds is 8. The largest absolute Gasteiger partial charge is 0.444 e. The molecule has 0 radical (unpaired) electrons. The van der Waals surface area contributed by atoms with E-state index in [1.807, 2.05) is 88.4 Å². The molecule has 0 aromatic heterocycles. The van der Waals surface area contributed by atoms with Gasteiger partial charge in [0, 0.05) is 11.7 Å². The number of nitrogens with zero attached hydrogens (tertiary/aromatic N) is 1. The number of fused-ring (bicyclic) bond motifs is 1. The van der Waals surface area contributed by atoms with Crippen LogP contribution in [0.15, 0.2) is 60.7 Å². The summed E-state index contributed by atoms with van der Waals surface area (Å²) in [6.07, 6.45) is 1.93. The van der Waals surface area contributed by atoms with Crippen molar-refractivity contribution in [3.8, 4) is 0 Å². The number of hydrogen-bond acceptors (Lipinski definition) is 4. The van der Waals surface area contributed by atoms with E-state index in [9.17, 15) is 14.4 Å². The van der Waals surface area contributed by atoms with Crippen LogP contribution in [0.4, 0.5) is 10.5 Å². The Balaban J connectivity index is 1.76. The molecule has 0 spiro atoms. The fraction of sp³-hybridized carbons (Fsp3) is 0.441. The molecular weight excluding hydrogens is 514 g/mol. The van der Waals surface area contributed by atoms with E-state index in [0.717, 1.165) is 46.7 Å². The highest BCUT2D eigenvalue weighted by atomic mass is 16.6. The first-order valence-corrected chi connectivity index (χ1v) is 14.5. The standard InChI is InChI=1S/C34H43N3O4/c1-21(2)29(36-33(40)41-34(5,6)7)32(39)37(27-16-11-17-27)30(28-22(3)12-10-13-23(28)4)31(38)35-26-19-18-24-14-8-9-15-25(24)20-26/h8-10,12-15,18-21,27,29-30H,11,16-17H2,1-7H3,(H,35,38)(H,36,40). The molecule has 3 aromatic carbocycles. The molecule has 3 aromatic rings. The van der Waals surface area contributed by atoms with Crippen molar-refractivity contribution in [2.24, 2.45) is 5.92 Å². The van der Waals surface area contributed by atoms with Gasteiger partial charge in [0.2, 0.25) is 5.91 Å². The average Bonchev–Trinajstić information content (AvgIpc) is 2.85. The minimum atomic E-state index is -0.873. The van der Waals surface area contributed by atoms with Crippen LogP contribution in [-0.2, 0) is 14.3 Å². The summed E-state index contributed by atoms with van der Waals surface area (Å²) in [7, 11) is 0. The zero-order valence-electron chi connectivity index (χ0n) is 25.3. The summed E-state index contributed by atoms with van der Waals surface area (Å²) in [6, 6.07) is 17.9. The summed E-state index contributed by atoms with van der Waals surface area (Å²) in [5.41, 5.74) is 2.64. The highest BCUT2D eigenvalue weighted by molar-refractivity contribution is 6.01. The molecule has 3 amide bonds. The van der Waals surface area contributed by atoms with Gasteiger partial charge in [-0.1, -0.05) is 62.4 Å². The summed E-state index contributed by atoms with van der Waals surface area (Å²) in [5, 5.41) is 8.03. The normalized spacial score (nSPS) is 15.1. The number of aryl methyl sites for hydroxylation is 2. The van der Waals surface area contributed by atoms with Gasteiger partial charge in [0.15, 0.2) is 0 Å². The van der Waals surface area contributed by atoms with Gasteiger partial charge in [-0.05, 0) is 99.4 Å². The molecule has 41 heavy (non-hydrogen) atoms. The van der Waals surface area contributed by atoms with Crippen molar-refractivity contribution in [3.05, 3.63) is 77.4 Å². The van der Waals surface area contributed by atoms with Gasteiger partial charge in [-0.3, -0.25) is 9.59 Å². The molecule has 1 fully saturated rings. The van der Waals surface area contributed by atoms with Gasteiger partial charge in [0.25, 0.3) is 5.91 Å². The lowest BCUT2D eigenvalue weighted by Crippen LogP contribution is -2.58. The molecule has 0 bridgehead atoms. The predicted molar refractivity (Wildman–Crippen MR) is 164 cm³/mol. The van der Waals surface area contributed by atoms with E-state index < -0.39 is 23.8 Å². The van der Waals surface area contributed by atoms with E-state index in [0.29, 0.717) is 5.69 Å². The maximum absolute atomic E-state index is 14.5. The van der Waals surface area contributed by atoms with Crippen LogP contribution in [0.3, 0.4) is 0 Å². The Morgan fingerprint density at radius 1 is 0.902 bits per heavy atom. The fourth-order valence-electron chi connectivity index (χ4n) is 5.42. The molecule has 0 aliphatic heterocycles. The highest BCUT2D eigenvalue weighted by Gasteiger charge is 2.43. The molecule has 1 saturated carbocycles. The first kappa shape index (κ1) is 30.1. The summed E-state index contributed by atoms with van der Waals surface area (Å²) in [5.74, 6) is -0.783. The Labute approximate surface area is 243 Å². The second-order valence-corrected chi connectivity index (χ2v) is 12.5. The van der Waals surface area contributed by atoms with E-state index in [2.05, 4.69) is 10.6 Å². The van der Waals surface area contributed by atoms with Gasteiger partial charge in [-0.2, -0.15) is 0 Å². The fourth-order valence-corrected chi connectivity index (χ4v) is 5.42. The summed E-state index contributed by atoms with van der Waals surface area (Å²) in [4.78, 5) is 43.3. The third-order valence-electron chi connectivity index (χ3n) is 7.69. The number of carbonyl (C=O) groups is 3. The zero-order chi connectivity index (χ0) is 29.9. The molecule has 2 unspecified atom stereocenters. The highest BCUT2D eigenvalue weighted by Crippen LogP contribution is 2.37. The van der Waals surface area contributed by atoms with Crippen molar-refractivity contribution in [1.82, 2.24) is 10.2 Å². The Bertz CT molecular complexity index is 1400. The van der Waals surface area contributed by atoms with Gasteiger partial charge in [0.1, 0.15) is 17.7 Å². The van der Waals surface area contributed by atoms with Gasteiger partial charge in [0.05, 0.1) is 0 Å². The monoisotopic (exact) mass is 557 g/mol. The Morgan fingerprint density at radius 3 is 2.10 bits per heavy atom. The van der Waals surface area contributed by atoms with Crippen LogP contribution in [-0.4, -0.2) is 40.5 Å². The number of carbonyl (C=O) groups excluding carboxylic acids is 3. The molecule has 1 aliphatic rings. The van der Waals surface area contributed by atoms with E-state index in [-0.39, 0.29) is 23.8 Å². The lowest BCUT2D eigenvalue weighted by molar-refractivity contribution is -0.146. The van der Waals surface area contributed by atoms with Crippen LogP contribution in [0.25, 0.3) is 10.8 Å². The van der Waals surface area contributed by atoms with Crippen LogP contribution in [0.2, 0.25) is 0 Å². The van der Waals surface area contributed by atoms with Crippen molar-refractivity contribution in [1.29, 1.82) is 0 Å². The Morgan fingerprint density at radius 2 is 1.54 bits per heavy atom. The van der Waals surface area contributed by atoms with Crippen molar-refractivity contribution in [2.75, 3.05) is 5.32 Å². The third-order valence-corrected chi connectivity index (χ3v) is 7.69. The first-order chi connectivity index (χ1) is 19.4. The van der Waals surface area contributed by atoms with Gasteiger partial charge in [-0.15, -0.1) is 0 Å². The van der Waals surface area contributed by atoms with Crippen molar-refractivity contribution in [3.63, 3.8) is 0 Å². The predicted octanol–water partition coefficient (Wildman–Crippen LogP) is 7.07. The van der Waals surface area contributed by atoms with Crippen LogP contribution in [0.1, 0.15) is 76.6 Å². The molecule has 2 atom stereocenters. The first-order valence-electron chi connectivity index (χ1n) is 14.5. The summed E-state index contributed by atoms with van der Waals surface area (Å²) in [6.45, 7) is 13.1. The minimum absolute atomic E-state index is 0.115. The quantitative estimate of drug-likeness (QED) is 0.310. The topological polar surface area (TPSA) is 87.7 Å². The molecule has 4 rings (SSSR count). The SMILES string of the molecule is Cc1cccc(C)c1C(C(=O)Nc1ccc2ccccc2c1)N(C(=O)C(NC(=O)OC(C)(C)C)C(C)C)C1CCC1. The van der Waals surface area contributed by atoms with Crippen LogP contribution in [0.5, 0.6) is 0 Å². The number of hydrogen-bond donors (Lipinski definition) is 2. The van der Waals surface area contributed by atoms with E-state index in [4.69, 9.17) is 4.74 Å². The van der Waals surface area contributed by atoms with Crippen LogP contribution < -0.4 is 10.6 Å². The number of anilines is 1. The number of benzene rings is 3. The van der Waals surface area contributed by atoms with Crippen LogP contribution >= 0.6 is 0 Å². The molecular formula is C34H43N3O4. The molecule has 1 aliphatic carbocycles. The maximum atomic E-state index is 14.5. The van der Waals surface area contributed by atoms with E-state index in [1.165, 1.54) is 0 Å². The maximum Gasteiger partial charge on any atom is 0.408 e. The number of amides is 3. The lowest BCUT2D eigenvalue weighted by atomic mass is 9.85. The van der Waals surface area contributed by atoms with Crippen molar-refractivity contribution in [2.45, 2.75) is 91.5 Å². The Kier molecular flexibility index (Phi) is 9.05. The Hall–Kier alpha value is -3.87. The molecule has 0 heterocycles. The smallest absolute Gasteiger partial charge is 0.408 e. The average molecular weight is 558 g/mol. The number of nitrogens with one attached hydrogen (secondary N) is 2. The molecule has 7 nitrogen and oxygen atoms in total. The van der Waals surface area contributed by atoms with E-state index >= 15 is 0 Å². The molecule has 0 saturated heterocycles.